The first-order valence-electron chi connectivity index (χ1n) is 6.59. The molecule has 2 atom stereocenters. The summed E-state index contributed by atoms with van der Waals surface area (Å²) in [7, 11) is 0. The van der Waals surface area contributed by atoms with Crippen LogP contribution < -0.4 is 5.32 Å². The Balaban J connectivity index is 2.09. The fourth-order valence-corrected chi connectivity index (χ4v) is 3.65. The predicted molar refractivity (Wildman–Crippen MR) is 79.6 cm³/mol. The van der Waals surface area contributed by atoms with Crippen molar-refractivity contribution < 1.29 is 14.7 Å². The maximum atomic E-state index is 12.5. The van der Waals surface area contributed by atoms with E-state index in [9.17, 15) is 9.59 Å². The molecule has 1 spiro atoms. The number of aliphatic hydroxyl groups excluding tert-OH is 1. The number of anilines is 1. The number of nitrogens with one attached hydrogen (secondary N) is 1. The summed E-state index contributed by atoms with van der Waals surface area (Å²) in [4.78, 5) is 25.8. The molecule has 0 saturated carbocycles. The Morgan fingerprint density at radius 1 is 1.48 bits per heavy atom. The lowest BCUT2D eigenvalue weighted by Crippen LogP contribution is -2.42. The van der Waals surface area contributed by atoms with Gasteiger partial charge in [0.05, 0.1) is 15.5 Å². The molecule has 3 rings (SSSR count). The molecule has 1 fully saturated rings. The minimum atomic E-state index is -0.825. The number of carbonyl (C=O) groups is 2. The average molecular weight is 329 g/mol. The molecule has 2 N–H and O–H groups in total. The molecule has 2 aliphatic heterocycles. The Labute approximate surface area is 131 Å². The number of hydrogen-bond acceptors (Lipinski definition) is 3. The Hall–Kier alpha value is -1.30. The van der Waals surface area contributed by atoms with Gasteiger partial charge in [-0.3, -0.25) is 9.59 Å². The third-order valence-corrected chi connectivity index (χ3v) is 5.18. The molecule has 112 valence electrons. The van der Waals surface area contributed by atoms with E-state index in [-0.39, 0.29) is 24.3 Å². The summed E-state index contributed by atoms with van der Waals surface area (Å²) in [5.74, 6) is -0.608. The number of amides is 2. The molecule has 1 unspecified atom stereocenters. The number of likely N-dealkylation sites (tertiary alicyclic amines) is 1. The lowest BCUT2D eigenvalue weighted by Gasteiger charge is -2.26. The Morgan fingerprint density at radius 2 is 2.14 bits per heavy atom. The van der Waals surface area contributed by atoms with Gasteiger partial charge < -0.3 is 15.3 Å². The molecule has 2 amide bonds. The first-order chi connectivity index (χ1) is 9.90. The van der Waals surface area contributed by atoms with Crippen molar-refractivity contribution in [2.24, 2.45) is 5.92 Å². The summed E-state index contributed by atoms with van der Waals surface area (Å²) < 4.78 is 0. The highest BCUT2D eigenvalue weighted by Crippen LogP contribution is 2.49. The van der Waals surface area contributed by atoms with Gasteiger partial charge in [-0.25, -0.2) is 0 Å². The van der Waals surface area contributed by atoms with E-state index in [2.05, 4.69) is 5.32 Å². The van der Waals surface area contributed by atoms with Crippen molar-refractivity contribution >= 4 is 40.7 Å². The summed E-state index contributed by atoms with van der Waals surface area (Å²) in [5.41, 5.74) is 0.580. The zero-order valence-electron chi connectivity index (χ0n) is 11.3. The number of benzene rings is 1. The predicted octanol–water partition coefficient (Wildman–Crippen LogP) is 1.65. The van der Waals surface area contributed by atoms with Gasteiger partial charge in [-0.05, 0) is 23.6 Å². The lowest BCUT2D eigenvalue weighted by molar-refractivity contribution is -0.133. The Morgan fingerprint density at radius 3 is 2.81 bits per heavy atom. The number of carbonyl (C=O) groups excluding carboxylic acids is 2. The number of aliphatic hydroxyl groups is 1. The molecule has 0 aromatic heterocycles. The van der Waals surface area contributed by atoms with Crippen LogP contribution in [0, 0.1) is 5.92 Å². The summed E-state index contributed by atoms with van der Waals surface area (Å²) in [6.07, 6.45) is 0. The van der Waals surface area contributed by atoms with E-state index in [4.69, 9.17) is 28.3 Å². The highest BCUT2D eigenvalue weighted by atomic mass is 35.5. The molecule has 2 aliphatic rings. The number of rotatable bonds is 1. The first kappa shape index (κ1) is 14.6. The minimum absolute atomic E-state index is 0.0773. The molecule has 1 aromatic carbocycles. The largest absolute Gasteiger partial charge is 0.387 e. The standard InChI is InChI=1S/C14H14Cl2N2O3/c1-7-4-18(12(20)5-19)6-14(7)8-2-9(15)10(16)3-11(8)17-13(14)21/h2-3,7,19H,4-6H2,1H3,(H,17,21)/t7-,14?/m1/s1. The van der Waals surface area contributed by atoms with E-state index in [1.807, 2.05) is 6.92 Å². The number of halogens is 2. The van der Waals surface area contributed by atoms with E-state index in [0.29, 0.717) is 22.3 Å². The molecule has 2 heterocycles. The highest BCUT2D eigenvalue weighted by molar-refractivity contribution is 6.42. The van der Waals surface area contributed by atoms with Crippen molar-refractivity contribution in [2.75, 3.05) is 25.0 Å². The van der Waals surface area contributed by atoms with Gasteiger partial charge in [0.15, 0.2) is 0 Å². The van der Waals surface area contributed by atoms with E-state index in [1.165, 1.54) is 4.90 Å². The summed E-state index contributed by atoms with van der Waals surface area (Å²) in [6.45, 7) is 2.03. The number of nitrogens with zero attached hydrogens (tertiary/aromatic N) is 1. The van der Waals surface area contributed by atoms with Gasteiger partial charge in [0.2, 0.25) is 11.8 Å². The van der Waals surface area contributed by atoms with Gasteiger partial charge in [0.25, 0.3) is 0 Å². The Kier molecular flexibility index (Phi) is 3.39. The van der Waals surface area contributed by atoms with Crippen molar-refractivity contribution in [2.45, 2.75) is 12.3 Å². The summed E-state index contributed by atoms with van der Waals surface area (Å²) >= 11 is 12.1. The van der Waals surface area contributed by atoms with Gasteiger partial charge in [0, 0.05) is 18.8 Å². The third kappa shape index (κ3) is 1.95. The van der Waals surface area contributed by atoms with E-state index in [1.54, 1.807) is 12.1 Å². The van der Waals surface area contributed by atoms with Crippen LogP contribution in [0.1, 0.15) is 12.5 Å². The van der Waals surface area contributed by atoms with Crippen molar-refractivity contribution in [1.29, 1.82) is 0 Å². The van der Waals surface area contributed by atoms with Crippen molar-refractivity contribution in [3.8, 4) is 0 Å². The molecule has 0 radical (unpaired) electrons. The van der Waals surface area contributed by atoms with Gasteiger partial charge in [-0.1, -0.05) is 30.1 Å². The van der Waals surface area contributed by atoms with E-state index < -0.39 is 12.0 Å². The average Bonchev–Trinajstić information content (AvgIpc) is 2.92. The number of hydrogen-bond donors (Lipinski definition) is 2. The fraction of sp³-hybridized carbons (Fsp3) is 0.429. The van der Waals surface area contributed by atoms with Crippen LogP contribution in [-0.4, -0.2) is 41.5 Å². The maximum Gasteiger partial charge on any atom is 0.248 e. The van der Waals surface area contributed by atoms with Crippen LogP contribution in [0.3, 0.4) is 0 Å². The third-order valence-electron chi connectivity index (χ3n) is 4.46. The minimum Gasteiger partial charge on any atom is -0.387 e. The zero-order valence-corrected chi connectivity index (χ0v) is 12.8. The Bertz CT molecular complexity index is 649. The van der Waals surface area contributed by atoms with E-state index >= 15 is 0 Å². The first-order valence-corrected chi connectivity index (χ1v) is 7.35. The topological polar surface area (TPSA) is 69.6 Å². The van der Waals surface area contributed by atoms with Crippen molar-refractivity contribution in [1.82, 2.24) is 4.90 Å². The highest BCUT2D eigenvalue weighted by Gasteiger charge is 2.56. The van der Waals surface area contributed by atoms with Gasteiger partial charge in [-0.2, -0.15) is 0 Å². The molecule has 7 heteroatoms. The van der Waals surface area contributed by atoms with Crippen LogP contribution in [0.2, 0.25) is 10.0 Å². The molecule has 0 aliphatic carbocycles. The van der Waals surface area contributed by atoms with Crippen LogP contribution >= 0.6 is 23.2 Å². The molecule has 0 bridgehead atoms. The molecule has 5 nitrogen and oxygen atoms in total. The van der Waals surface area contributed by atoms with Crippen molar-refractivity contribution in [3.05, 3.63) is 27.7 Å². The molecule has 1 saturated heterocycles. The second-order valence-corrected chi connectivity index (χ2v) is 6.39. The second kappa shape index (κ2) is 4.87. The lowest BCUT2D eigenvalue weighted by atomic mass is 9.74. The van der Waals surface area contributed by atoms with Gasteiger partial charge in [-0.15, -0.1) is 0 Å². The molecule has 21 heavy (non-hydrogen) atoms. The fourth-order valence-electron chi connectivity index (χ4n) is 3.32. The van der Waals surface area contributed by atoms with Crippen LogP contribution in [0.25, 0.3) is 0 Å². The van der Waals surface area contributed by atoms with Gasteiger partial charge in [0.1, 0.15) is 6.61 Å². The summed E-state index contributed by atoms with van der Waals surface area (Å²) in [6, 6.07) is 3.33. The molecular formula is C14H14Cl2N2O3. The van der Waals surface area contributed by atoms with Crippen LogP contribution in [0.5, 0.6) is 0 Å². The maximum absolute atomic E-state index is 12.5. The molecule has 1 aromatic rings. The smallest absolute Gasteiger partial charge is 0.248 e. The zero-order chi connectivity index (χ0) is 15.4. The monoisotopic (exact) mass is 328 g/mol. The van der Waals surface area contributed by atoms with Gasteiger partial charge >= 0.3 is 0 Å². The van der Waals surface area contributed by atoms with Crippen LogP contribution in [-0.2, 0) is 15.0 Å². The second-order valence-electron chi connectivity index (χ2n) is 5.57. The number of fused-ring (bicyclic) bond motifs is 2. The summed E-state index contributed by atoms with van der Waals surface area (Å²) in [5, 5.41) is 12.6. The molecular weight excluding hydrogens is 315 g/mol. The SMILES string of the molecule is C[C@@H]1CN(C(=O)CO)CC12C(=O)Nc1cc(Cl)c(Cl)cc12. The normalized spacial score (nSPS) is 27.1. The quantitative estimate of drug-likeness (QED) is 0.823. The van der Waals surface area contributed by atoms with Crippen LogP contribution in [0.4, 0.5) is 5.69 Å². The van der Waals surface area contributed by atoms with Crippen molar-refractivity contribution in [3.63, 3.8) is 0 Å². The van der Waals surface area contributed by atoms with Crippen LogP contribution in [0.15, 0.2) is 12.1 Å². The van der Waals surface area contributed by atoms with E-state index in [0.717, 1.165) is 5.56 Å².